The van der Waals surface area contributed by atoms with E-state index in [1.54, 1.807) is 6.07 Å². The lowest BCUT2D eigenvalue weighted by Crippen LogP contribution is -2.30. The van der Waals surface area contributed by atoms with Crippen LogP contribution < -0.4 is 5.32 Å². The summed E-state index contributed by atoms with van der Waals surface area (Å²) in [7, 11) is 0. The zero-order valence-corrected chi connectivity index (χ0v) is 12.3. The standard InChI is InChI=1S/C15H12N2O4S/c18-14(8-16-15(19)11-5-3-7-20-11)21-9-13-17-10-4-1-2-6-12(10)22-13/h1-7H,8-9H2,(H,16,19). The van der Waals surface area contributed by atoms with Crippen molar-refractivity contribution in [3.63, 3.8) is 0 Å². The highest BCUT2D eigenvalue weighted by Crippen LogP contribution is 2.21. The smallest absolute Gasteiger partial charge is 0.325 e. The summed E-state index contributed by atoms with van der Waals surface area (Å²) < 4.78 is 11.0. The third kappa shape index (κ3) is 3.32. The number of carbonyl (C=O) groups is 2. The number of aromatic nitrogens is 1. The minimum atomic E-state index is -0.529. The molecule has 0 fully saturated rings. The van der Waals surface area contributed by atoms with Crippen LogP contribution in [0.5, 0.6) is 0 Å². The number of fused-ring (bicyclic) bond motifs is 1. The van der Waals surface area contributed by atoms with Gasteiger partial charge in [-0.05, 0) is 24.3 Å². The van der Waals surface area contributed by atoms with Crippen LogP contribution in [0.15, 0.2) is 47.1 Å². The van der Waals surface area contributed by atoms with Gasteiger partial charge < -0.3 is 14.5 Å². The molecule has 0 saturated heterocycles. The van der Waals surface area contributed by atoms with Crippen molar-refractivity contribution in [1.82, 2.24) is 10.3 Å². The maximum atomic E-state index is 11.6. The Hall–Kier alpha value is -2.67. The van der Waals surface area contributed by atoms with E-state index >= 15 is 0 Å². The van der Waals surface area contributed by atoms with E-state index in [0.29, 0.717) is 5.01 Å². The number of thiazole rings is 1. The maximum absolute atomic E-state index is 11.6. The molecule has 0 aliphatic rings. The van der Waals surface area contributed by atoms with Crippen LogP contribution in [-0.2, 0) is 16.1 Å². The Morgan fingerprint density at radius 3 is 2.86 bits per heavy atom. The molecule has 0 aliphatic carbocycles. The summed E-state index contributed by atoms with van der Waals surface area (Å²) in [5.74, 6) is -0.833. The second kappa shape index (κ2) is 6.40. The van der Waals surface area contributed by atoms with E-state index in [1.165, 1.54) is 23.7 Å². The number of amides is 1. The van der Waals surface area contributed by atoms with Crippen LogP contribution >= 0.6 is 11.3 Å². The lowest BCUT2D eigenvalue weighted by molar-refractivity contribution is -0.143. The first kappa shape index (κ1) is 14.3. The van der Waals surface area contributed by atoms with E-state index in [-0.39, 0.29) is 18.9 Å². The van der Waals surface area contributed by atoms with Gasteiger partial charge >= 0.3 is 5.97 Å². The topological polar surface area (TPSA) is 81.4 Å². The monoisotopic (exact) mass is 316 g/mol. The summed E-state index contributed by atoms with van der Waals surface area (Å²) in [4.78, 5) is 27.6. The molecule has 1 amide bonds. The quantitative estimate of drug-likeness (QED) is 0.731. The van der Waals surface area contributed by atoms with Crippen molar-refractivity contribution in [3.8, 4) is 0 Å². The molecule has 0 radical (unpaired) electrons. The van der Waals surface area contributed by atoms with Gasteiger partial charge in [0.05, 0.1) is 16.5 Å². The fourth-order valence-corrected chi connectivity index (χ4v) is 2.70. The molecule has 6 nitrogen and oxygen atoms in total. The number of furan rings is 1. The zero-order valence-electron chi connectivity index (χ0n) is 11.4. The van der Waals surface area contributed by atoms with Gasteiger partial charge in [-0.15, -0.1) is 11.3 Å². The Kier molecular flexibility index (Phi) is 4.15. The number of nitrogens with zero attached hydrogens (tertiary/aromatic N) is 1. The normalized spacial score (nSPS) is 10.5. The molecular weight excluding hydrogens is 304 g/mol. The fraction of sp³-hybridized carbons (Fsp3) is 0.133. The van der Waals surface area contributed by atoms with E-state index < -0.39 is 11.9 Å². The first-order chi connectivity index (χ1) is 10.7. The van der Waals surface area contributed by atoms with E-state index in [0.717, 1.165) is 10.2 Å². The number of hydrogen-bond donors (Lipinski definition) is 1. The largest absolute Gasteiger partial charge is 0.459 e. The Morgan fingerprint density at radius 1 is 1.23 bits per heavy atom. The molecule has 3 aromatic rings. The summed E-state index contributed by atoms with van der Waals surface area (Å²) in [5.41, 5.74) is 0.879. The van der Waals surface area contributed by atoms with Gasteiger partial charge in [-0.3, -0.25) is 9.59 Å². The van der Waals surface area contributed by atoms with E-state index in [4.69, 9.17) is 9.15 Å². The van der Waals surface area contributed by atoms with Crippen LogP contribution in [0.2, 0.25) is 0 Å². The van der Waals surface area contributed by atoms with Crippen LogP contribution in [0.25, 0.3) is 10.2 Å². The van der Waals surface area contributed by atoms with Gasteiger partial charge in [0.15, 0.2) is 5.76 Å². The highest BCUT2D eigenvalue weighted by atomic mass is 32.1. The van der Waals surface area contributed by atoms with Crippen molar-refractivity contribution < 1.29 is 18.7 Å². The van der Waals surface area contributed by atoms with Gasteiger partial charge in [0.2, 0.25) is 0 Å². The van der Waals surface area contributed by atoms with Crippen molar-refractivity contribution in [2.75, 3.05) is 6.54 Å². The van der Waals surface area contributed by atoms with Gasteiger partial charge in [0, 0.05) is 0 Å². The Labute approximate surface area is 129 Å². The zero-order chi connectivity index (χ0) is 15.4. The molecule has 22 heavy (non-hydrogen) atoms. The number of benzene rings is 1. The van der Waals surface area contributed by atoms with Gasteiger partial charge in [-0.25, -0.2) is 4.98 Å². The molecule has 0 atom stereocenters. The Morgan fingerprint density at radius 2 is 2.09 bits per heavy atom. The number of rotatable bonds is 5. The van der Waals surface area contributed by atoms with Crippen molar-refractivity contribution in [2.24, 2.45) is 0 Å². The molecule has 1 aromatic carbocycles. The molecular formula is C15H12N2O4S. The molecule has 0 unspecified atom stereocenters. The molecule has 0 bridgehead atoms. The second-order valence-electron chi connectivity index (χ2n) is 4.40. The number of para-hydroxylation sites is 1. The third-order valence-electron chi connectivity index (χ3n) is 2.83. The molecule has 0 spiro atoms. The highest BCUT2D eigenvalue weighted by Gasteiger charge is 2.12. The van der Waals surface area contributed by atoms with E-state index in [1.807, 2.05) is 24.3 Å². The summed E-state index contributed by atoms with van der Waals surface area (Å²) in [6.45, 7) is -0.126. The van der Waals surface area contributed by atoms with Gasteiger partial charge in [-0.2, -0.15) is 0 Å². The second-order valence-corrected chi connectivity index (χ2v) is 5.51. The lowest BCUT2D eigenvalue weighted by atomic mass is 10.3. The van der Waals surface area contributed by atoms with Gasteiger partial charge in [-0.1, -0.05) is 12.1 Å². The van der Waals surface area contributed by atoms with E-state index in [9.17, 15) is 9.59 Å². The number of ether oxygens (including phenoxy) is 1. The first-order valence-corrected chi connectivity index (χ1v) is 7.36. The predicted octanol–water partition coefficient (Wildman–Crippen LogP) is 2.36. The van der Waals surface area contributed by atoms with Crippen molar-refractivity contribution in [3.05, 3.63) is 53.4 Å². The van der Waals surface area contributed by atoms with Crippen LogP contribution in [0.1, 0.15) is 15.6 Å². The highest BCUT2D eigenvalue weighted by molar-refractivity contribution is 7.18. The van der Waals surface area contributed by atoms with Crippen molar-refractivity contribution in [1.29, 1.82) is 0 Å². The van der Waals surface area contributed by atoms with Crippen LogP contribution in [0.4, 0.5) is 0 Å². The maximum Gasteiger partial charge on any atom is 0.325 e. The van der Waals surface area contributed by atoms with Crippen molar-refractivity contribution >= 4 is 33.4 Å². The number of nitrogens with one attached hydrogen (secondary N) is 1. The first-order valence-electron chi connectivity index (χ1n) is 6.54. The summed E-state index contributed by atoms with van der Waals surface area (Å²) in [5, 5.41) is 3.14. The minimum absolute atomic E-state index is 0.0921. The van der Waals surface area contributed by atoms with Gasteiger partial charge in [0.1, 0.15) is 18.2 Å². The van der Waals surface area contributed by atoms with Crippen LogP contribution in [0.3, 0.4) is 0 Å². The molecule has 7 heteroatoms. The van der Waals surface area contributed by atoms with Gasteiger partial charge in [0.25, 0.3) is 5.91 Å². The SMILES string of the molecule is O=C(CNC(=O)c1ccco1)OCc1nc2ccccc2s1. The van der Waals surface area contributed by atoms with Crippen LogP contribution in [0, 0.1) is 0 Å². The average molecular weight is 316 g/mol. The summed E-state index contributed by atoms with van der Waals surface area (Å²) >= 11 is 1.47. The molecule has 0 aliphatic heterocycles. The Bertz CT molecular complexity index is 762. The van der Waals surface area contributed by atoms with Crippen LogP contribution in [-0.4, -0.2) is 23.4 Å². The lowest BCUT2D eigenvalue weighted by Gasteiger charge is -2.03. The molecule has 2 heterocycles. The third-order valence-corrected chi connectivity index (χ3v) is 3.84. The number of carbonyl (C=O) groups excluding carboxylic acids is 2. The summed E-state index contributed by atoms with van der Waals surface area (Å²) in [6.07, 6.45) is 1.39. The van der Waals surface area contributed by atoms with Crippen molar-refractivity contribution in [2.45, 2.75) is 6.61 Å². The molecule has 112 valence electrons. The predicted molar refractivity (Wildman–Crippen MR) is 80.5 cm³/mol. The van der Waals surface area contributed by atoms with E-state index in [2.05, 4.69) is 10.3 Å². The average Bonchev–Trinajstić information content (AvgIpc) is 3.19. The molecule has 3 rings (SSSR count). The molecule has 2 aromatic heterocycles. The molecule has 1 N–H and O–H groups in total. The minimum Gasteiger partial charge on any atom is -0.459 e. The fourth-order valence-electron chi connectivity index (χ4n) is 1.82. The number of hydrogen-bond acceptors (Lipinski definition) is 6. The number of esters is 1. The summed E-state index contributed by atoms with van der Waals surface area (Å²) in [6, 6.07) is 10.8. The molecule has 0 saturated carbocycles. The Balaban J connectivity index is 1.49.